The van der Waals surface area contributed by atoms with E-state index in [0.717, 1.165) is 23.9 Å². The van der Waals surface area contributed by atoms with E-state index in [0.29, 0.717) is 18.0 Å². The maximum absolute atomic E-state index is 11.5. The van der Waals surface area contributed by atoms with Gasteiger partial charge in [-0.25, -0.2) is 18.5 Å². The minimum absolute atomic E-state index is 0.0368. The molecule has 1 saturated carbocycles. The minimum atomic E-state index is -3.75. The van der Waals surface area contributed by atoms with E-state index in [-0.39, 0.29) is 11.9 Å². The van der Waals surface area contributed by atoms with Crippen molar-refractivity contribution in [1.29, 1.82) is 10.0 Å². The van der Waals surface area contributed by atoms with Crippen LogP contribution in [0.15, 0.2) is 30.7 Å². The number of hydrogen-bond acceptors (Lipinski definition) is 6. The molecule has 4 rings (SSSR count). The molecule has 0 saturated heterocycles. The molecule has 2 N–H and O–H groups in total. The minimum Gasteiger partial charge on any atom is -0.300 e. The molecule has 1 aliphatic rings. The lowest BCUT2D eigenvalue weighted by Gasteiger charge is -2.21. The van der Waals surface area contributed by atoms with Crippen molar-refractivity contribution in [2.75, 3.05) is 0 Å². The van der Waals surface area contributed by atoms with Gasteiger partial charge in [0.1, 0.15) is 11.4 Å². The second kappa shape index (κ2) is 7.33. The number of nitrogens with one attached hydrogen (secondary N) is 1. The third-order valence-electron chi connectivity index (χ3n) is 5.22. The Morgan fingerprint density at radius 1 is 1.43 bits per heavy atom. The predicted octanol–water partition coefficient (Wildman–Crippen LogP) is 3.26. The Labute approximate surface area is 162 Å². The number of fused-ring (bicyclic) bond motifs is 1. The summed E-state index contributed by atoms with van der Waals surface area (Å²) in [7, 11) is -3.75. The predicted molar refractivity (Wildman–Crippen MR) is 103 cm³/mol. The van der Waals surface area contributed by atoms with E-state index in [1.165, 1.54) is 12.8 Å². The van der Waals surface area contributed by atoms with Gasteiger partial charge in [0.25, 0.3) is 0 Å². The summed E-state index contributed by atoms with van der Waals surface area (Å²) in [5, 5.41) is 18.0. The molecule has 0 radical (unpaired) electrons. The van der Waals surface area contributed by atoms with Crippen molar-refractivity contribution in [2.45, 2.75) is 43.9 Å². The van der Waals surface area contributed by atoms with Crippen molar-refractivity contribution < 1.29 is 8.76 Å². The Balaban J connectivity index is 1.74. The smallest absolute Gasteiger partial charge is 0.165 e. The zero-order chi connectivity index (χ0) is 19.7. The maximum Gasteiger partial charge on any atom is 0.165 e. The molecular weight excluding hydrogens is 378 g/mol. The van der Waals surface area contributed by atoms with E-state index in [1.807, 2.05) is 23.0 Å². The lowest BCUT2D eigenvalue weighted by atomic mass is 9.96. The molecule has 0 bridgehead atoms. The Bertz CT molecular complexity index is 1140. The van der Waals surface area contributed by atoms with Crippen molar-refractivity contribution in [2.24, 2.45) is 5.92 Å². The summed E-state index contributed by atoms with van der Waals surface area (Å²) in [6.07, 6.45) is 10.3. The average Bonchev–Trinajstić information content (AvgIpc) is 3.37. The SMILES string of the molecule is N#CCC(C1CCCC1)n1cc(-c2nc(CS(=N)(=O)O)nn3cccc23)cn1. The third kappa shape index (κ3) is 3.76. The lowest BCUT2D eigenvalue weighted by Crippen LogP contribution is -2.17. The summed E-state index contributed by atoms with van der Waals surface area (Å²) in [6.45, 7) is 0. The Kier molecular flexibility index (Phi) is 4.87. The van der Waals surface area contributed by atoms with Gasteiger partial charge >= 0.3 is 0 Å². The van der Waals surface area contributed by atoms with Gasteiger partial charge < -0.3 is 4.55 Å². The molecular formula is C18H21N7O2S. The molecule has 2 atom stereocenters. The molecule has 3 aromatic heterocycles. The number of nitriles is 1. The molecule has 0 aliphatic heterocycles. The largest absolute Gasteiger partial charge is 0.300 e. The van der Waals surface area contributed by atoms with E-state index < -0.39 is 15.8 Å². The summed E-state index contributed by atoms with van der Waals surface area (Å²) in [6, 6.07) is 5.99. The van der Waals surface area contributed by atoms with Crippen LogP contribution in [0.2, 0.25) is 0 Å². The number of nitrogens with zero attached hydrogens (tertiary/aromatic N) is 6. The molecule has 9 nitrogen and oxygen atoms in total. The third-order valence-corrected chi connectivity index (χ3v) is 5.87. The zero-order valence-corrected chi connectivity index (χ0v) is 16.0. The van der Waals surface area contributed by atoms with Gasteiger partial charge in [-0.3, -0.25) is 4.68 Å². The Hall–Kier alpha value is -2.77. The van der Waals surface area contributed by atoms with Crippen LogP contribution in [0.5, 0.6) is 0 Å². The topological polar surface area (TPSA) is 133 Å². The molecule has 10 heteroatoms. The van der Waals surface area contributed by atoms with Crippen LogP contribution >= 0.6 is 0 Å². The molecule has 2 unspecified atom stereocenters. The van der Waals surface area contributed by atoms with Crippen molar-refractivity contribution in [3.05, 3.63) is 36.5 Å². The molecule has 0 aromatic carbocycles. The second-order valence-corrected chi connectivity index (χ2v) is 8.75. The molecule has 0 amide bonds. The molecule has 3 heterocycles. The van der Waals surface area contributed by atoms with Crippen LogP contribution in [-0.4, -0.2) is 33.1 Å². The van der Waals surface area contributed by atoms with Gasteiger partial charge in [0.2, 0.25) is 0 Å². The van der Waals surface area contributed by atoms with Gasteiger partial charge in [0, 0.05) is 18.0 Å². The highest BCUT2D eigenvalue weighted by molar-refractivity contribution is 7.86. The van der Waals surface area contributed by atoms with Crippen molar-refractivity contribution in [3.63, 3.8) is 0 Å². The van der Waals surface area contributed by atoms with Crippen LogP contribution in [0.4, 0.5) is 0 Å². The average molecular weight is 399 g/mol. The monoisotopic (exact) mass is 399 g/mol. The normalized spacial score (nSPS) is 18.1. The quantitative estimate of drug-likeness (QED) is 0.653. The van der Waals surface area contributed by atoms with E-state index in [9.17, 15) is 14.0 Å². The van der Waals surface area contributed by atoms with Gasteiger partial charge in [-0.1, -0.05) is 12.8 Å². The van der Waals surface area contributed by atoms with E-state index in [4.69, 9.17) is 4.78 Å². The first-order chi connectivity index (χ1) is 13.4. The number of aromatic nitrogens is 5. The van der Waals surface area contributed by atoms with Crippen LogP contribution in [0.3, 0.4) is 0 Å². The summed E-state index contributed by atoms with van der Waals surface area (Å²) in [5.74, 6) is 0.129. The highest BCUT2D eigenvalue weighted by Crippen LogP contribution is 2.36. The van der Waals surface area contributed by atoms with Gasteiger partial charge in [0.15, 0.2) is 15.8 Å². The molecule has 0 spiro atoms. The second-order valence-electron chi connectivity index (χ2n) is 7.18. The van der Waals surface area contributed by atoms with Crippen LogP contribution in [0.1, 0.15) is 44.0 Å². The number of hydrogen-bond donors (Lipinski definition) is 2. The molecule has 146 valence electrons. The standard InChI is InChI=1S/C18H21N7O2S/c19-8-7-15(13-4-1-2-5-13)25-11-14(10-21-25)18-16-6-3-9-24(16)23-17(22-18)12-28(20,26)27/h3,6,9-11,13,15H,1-2,4-5,7,12H2,(H2,20,26,27). The van der Waals surface area contributed by atoms with Crippen molar-refractivity contribution in [1.82, 2.24) is 24.4 Å². The molecule has 3 aromatic rings. The maximum atomic E-state index is 11.5. The van der Waals surface area contributed by atoms with Crippen LogP contribution < -0.4 is 0 Å². The molecule has 1 fully saturated rings. The van der Waals surface area contributed by atoms with E-state index in [2.05, 4.69) is 21.3 Å². The van der Waals surface area contributed by atoms with Gasteiger partial charge in [-0.05, 0) is 30.9 Å². The first kappa shape index (κ1) is 18.6. The Morgan fingerprint density at radius 2 is 2.21 bits per heavy atom. The highest BCUT2D eigenvalue weighted by Gasteiger charge is 2.27. The van der Waals surface area contributed by atoms with E-state index >= 15 is 0 Å². The zero-order valence-electron chi connectivity index (χ0n) is 15.2. The summed E-state index contributed by atoms with van der Waals surface area (Å²) < 4.78 is 31.6. The van der Waals surface area contributed by atoms with Gasteiger partial charge in [-0.15, -0.1) is 0 Å². The lowest BCUT2D eigenvalue weighted by molar-refractivity contribution is 0.315. The van der Waals surface area contributed by atoms with Crippen LogP contribution in [0.25, 0.3) is 16.8 Å². The fourth-order valence-corrected chi connectivity index (χ4v) is 4.45. The Morgan fingerprint density at radius 3 is 2.93 bits per heavy atom. The summed E-state index contributed by atoms with van der Waals surface area (Å²) in [5.41, 5.74) is 2.09. The van der Waals surface area contributed by atoms with Crippen molar-refractivity contribution >= 4 is 15.5 Å². The van der Waals surface area contributed by atoms with Crippen molar-refractivity contribution in [3.8, 4) is 17.3 Å². The van der Waals surface area contributed by atoms with Gasteiger partial charge in [0.05, 0.1) is 30.2 Å². The van der Waals surface area contributed by atoms with Gasteiger partial charge in [-0.2, -0.15) is 15.5 Å². The van der Waals surface area contributed by atoms with E-state index in [1.54, 1.807) is 16.9 Å². The first-order valence-corrected chi connectivity index (χ1v) is 10.9. The molecule has 28 heavy (non-hydrogen) atoms. The first-order valence-electron chi connectivity index (χ1n) is 9.19. The van der Waals surface area contributed by atoms with Crippen LogP contribution in [-0.2, 0) is 15.8 Å². The van der Waals surface area contributed by atoms with Crippen LogP contribution in [0, 0.1) is 22.0 Å². The molecule has 1 aliphatic carbocycles. The summed E-state index contributed by atoms with van der Waals surface area (Å²) in [4.78, 5) is 4.44. The fourth-order valence-electron chi connectivity index (χ4n) is 3.98. The summed E-state index contributed by atoms with van der Waals surface area (Å²) >= 11 is 0. The fraction of sp³-hybridized carbons (Fsp3) is 0.444. The number of rotatable bonds is 6. The highest BCUT2D eigenvalue weighted by atomic mass is 32.2.